The molecule has 3 atom stereocenters. The van der Waals surface area contributed by atoms with Crippen LogP contribution in [0.3, 0.4) is 0 Å². The number of ether oxygens (including phenoxy) is 1. The molecule has 0 spiro atoms. The van der Waals surface area contributed by atoms with E-state index in [0.717, 1.165) is 12.8 Å². The molecule has 0 aromatic carbocycles. The van der Waals surface area contributed by atoms with Crippen LogP contribution < -0.4 is 0 Å². The van der Waals surface area contributed by atoms with Crippen molar-refractivity contribution in [1.82, 2.24) is 0 Å². The molecule has 3 nitrogen and oxygen atoms in total. The molecule has 19 heavy (non-hydrogen) atoms. The average Bonchev–Trinajstić information content (AvgIpc) is 2.68. The van der Waals surface area contributed by atoms with E-state index in [4.69, 9.17) is 9.16 Å². The Bertz CT molecular complexity index is 344. The smallest absolute Gasteiger partial charge is 0.309 e. The van der Waals surface area contributed by atoms with Crippen molar-refractivity contribution < 1.29 is 14.0 Å². The summed E-state index contributed by atoms with van der Waals surface area (Å²) in [5, 5.41) is 0.194. The Morgan fingerprint density at radius 1 is 1.32 bits per heavy atom. The summed E-state index contributed by atoms with van der Waals surface area (Å²) in [6.45, 7) is 15.0. The molecule has 1 aliphatic rings. The van der Waals surface area contributed by atoms with Crippen molar-refractivity contribution in [2.24, 2.45) is 11.8 Å². The van der Waals surface area contributed by atoms with E-state index in [-0.39, 0.29) is 28.9 Å². The van der Waals surface area contributed by atoms with Gasteiger partial charge in [0.15, 0.2) is 8.32 Å². The molecule has 0 aromatic heterocycles. The fourth-order valence-corrected chi connectivity index (χ4v) is 3.77. The number of methoxy groups -OCH3 is 1. The van der Waals surface area contributed by atoms with E-state index in [9.17, 15) is 4.79 Å². The van der Waals surface area contributed by atoms with E-state index in [1.54, 1.807) is 0 Å². The Labute approximate surface area is 118 Å². The maximum Gasteiger partial charge on any atom is 0.309 e. The summed E-state index contributed by atoms with van der Waals surface area (Å²) in [5.41, 5.74) is 0. The van der Waals surface area contributed by atoms with Crippen LogP contribution in [0.2, 0.25) is 18.1 Å². The molecule has 4 heteroatoms. The maximum absolute atomic E-state index is 11.8. The third-order valence-electron chi connectivity index (χ3n) is 4.64. The summed E-state index contributed by atoms with van der Waals surface area (Å²) >= 11 is 0. The first-order valence-electron chi connectivity index (χ1n) is 7.00. The Balaban J connectivity index is 2.74. The summed E-state index contributed by atoms with van der Waals surface area (Å²) in [7, 11) is -0.324. The van der Waals surface area contributed by atoms with Gasteiger partial charge in [-0.2, -0.15) is 0 Å². The van der Waals surface area contributed by atoms with Crippen molar-refractivity contribution in [3.05, 3.63) is 12.7 Å². The summed E-state index contributed by atoms with van der Waals surface area (Å²) < 4.78 is 11.3. The Kier molecular flexibility index (Phi) is 5.01. The van der Waals surface area contributed by atoms with Crippen LogP contribution in [0.15, 0.2) is 12.7 Å². The van der Waals surface area contributed by atoms with Gasteiger partial charge in [0.25, 0.3) is 0 Å². The molecule has 0 heterocycles. The Morgan fingerprint density at radius 3 is 2.32 bits per heavy atom. The van der Waals surface area contributed by atoms with E-state index in [1.807, 2.05) is 6.08 Å². The van der Waals surface area contributed by atoms with Crippen molar-refractivity contribution in [2.45, 2.75) is 57.8 Å². The minimum Gasteiger partial charge on any atom is -0.469 e. The third-order valence-corrected chi connectivity index (χ3v) is 9.18. The molecule has 0 N–H and O–H groups in total. The lowest BCUT2D eigenvalue weighted by molar-refractivity contribution is -0.146. The van der Waals surface area contributed by atoms with E-state index in [2.05, 4.69) is 40.4 Å². The lowest BCUT2D eigenvalue weighted by Crippen LogP contribution is -2.43. The normalized spacial score (nSPS) is 28.2. The molecule has 0 aliphatic heterocycles. The van der Waals surface area contributed by atoms with Gasteiger partial charge in [0.2, 0.25) is 0 Å². The number of hydrogen-bond acceptors (Lipinski definition) is 3. The van der Waals surface area contributed by atoms with Crippen LogP contribution in [0.4, 0.5) is 0 Å². The second kappa shape index (κ2) is 5.79. The van der Waals surface area contributed by atoms with Crippen LogP contribution in [-0.4, -0.2) is 27.5 Å². The standard InChI is InChI=1S/C15H28O3Si/c1-8-11-9-12(10-13(11)14(16)17-5)18-19(6,7)15(2,3)4/h8,11-13H,1,9-10H2,2-7H3/t11-,12+,13-/m1/s1. The summed E-state index contributed by atoms with van der Waals surface area (Å²) in [6, 6.07) is 0. The van der Waals surface area contributed by atoms with Gasteiger partial charge in [0.1, 0.15) is 0 Å². The highest BCUT2D eigenvalue weighted by Crippen LogP contribution is 2.42. The first kappa shape index (κ1) is 16.4. The highest BCUT2D eigenvalue weighted by atomic mass is 28.4. The van der Waals surface area contributed by atoms with Crippen molar-refractivity contribution in [2.75, 3.05) is 7.11 Å². The van der Waals surface area contributed by atoms with Crippen LogP contribution in [0.5, 0.6) is 0 Å². The van der Waals surface area contributed by atoms with Crippen LogP contribution >= 0.6 is 0 Å². The second-order valence-electron chi connectivity index (χ2n) is 7.00. The minimum absolute atomic E-state index is 0.0859. The minimum atomic E-state index is -1.77. The van der Waals surface area contributed by atoms with Crippen LogP contribution in [0, 0.1) is 11.8 Å². The fourth-order valence-electron chi connectivity index (χ4n) is 2.39. The van der Waals surface area contributed by atoms with Crippen molar-refractivity contribution in [3.8, 4) is 0 Å². The molecule has 0 radical (unpaired) electrons. The lowest BCUT2D eigenvalue weighted by Gasteiger charge is -2.38. The molecule has 0 saturated heterocycles. The zero-order chi connectivity index (χ0) is 14.8. The molecule has 0 aromatic rings. The van der Waals surface area contributed by atoms with Gasteiger partial charge in [0, 0.05) is 6.10 Å². The van der Waals surface area contributed by atoms with Gasteiger partial charge in [-0.3, -0.25) is 4.79 Å². The molecule has 110 valence electrons. The summed E-state index contributed by atoms with van der Waals surface area (Å²) in [4.78, 5) is 11.8. The topological polar surface area (TPSA) is 35.5 Å². The molecule has 1 rings (SSSR count). The van der Waals surface area contributed by atoms with Gasteiger partial charge in [-0.25, -0.2) is 0 Å². The number of carbonyl (C=O) groups is 1. The highest BCUT2D eigenvalue weighted by Gasteiger charge is 2.44. The predicted octanol–water partition coefficient (Wildman–Crippen LogP) is 3.76. The number of esters is 1. The summed E-state index contributed by atoms with van der Waals surface area (Å²) in [5.74, 6) is -0.0364. The SMILES string of the molecule is C=C[C@@H]1C[C@H](O[Si](C)(C)C(C)(C)C)C[C@H]1C(=O)OC. The van der Waals surface area contributed by atoms with Gasteiger partial charge in [-0.05, 0) is 36.9 Å². The Morgan fingerprint density at radius 2 is 1.89 bits per heavy atom. The average molecular weight is 284 g/mol. The number of allylic oxidation sites excluding steroid dienone is 1. The van der Waals surface area contributed by atoms with E-state index in [0.29, 0.717) is 0 Å². The zero-order valence-corrected chi connectivity index (χ0v) is 14.2. The number of rotatable bonds is 4. The quantitative estimate of drug-likeness (QED) is 0.448. The van der Waals surface area contributed by atoms with Crippen LogP contribution in [0.1, 0.15) is 33.6 Å². The van der Waals surface area contributed by atoms with Gasteiger partial charge in [-0.1, -0.05) is 26.8 Å². The molecule has 0 unspecified atom stereocenters. The largest absolute Gasteiger partial charge is 0.469 e. The summed E-state index contributed by atoms with van der Waals surface area (Å²) in [6.07, 6.45) is 3.68. The first-order valence-corrected chi connectivity index (χ1v) is 9.91. The second-order valence-corrected chi connectivity index (χ2v) is 11.8. The molecule has 1 saturated carbocycles. The molecular weight excluding hydrogens is 256 g/mol. The van der Waals surface area contributed by atoms with E-state index in [1.165, 1.54) is 7.11 Å². The zero-order valence-electron chi connectivity index (χ0n) is 13.2. The molecule has 0 amide bonds. The van der Waals surface area contributed by atoms with Gasteiger partial charge >= 0.3 is 5.97 Å². The first-order chi connectivity index (χ1) is 8.62. The van der Waals surface area contributed by atoms with E-state index < -0.39 is 8.32 Å². The molecule has 1 fully saturated rings. The van der Waals surface area contributed by atoms with Crippen LogP contribution in [-0.2, 0) is 14.0 Å². The van der Waals surface area contributed by atoms with Crippen molar-refractivity contribution in [3.63, 3.8) is 0 Å². The lowest BCUT2D eigenvalue weighted by atomic mass is 9.97. The Hall–Kier alpha value is -0.613. The third kappa shape index (κ3) is 3.69. The van der Waals surface area contributed by atoms with Gasteiger partial charge < -0.3 is 9.16 Å². The number of hydrogen-bond donors (Lipinski definition) is 0. The van der Waals surface area contributed by atoms with Crippen LogP contribution in [0.25, 0.3) is 0 Å². The highest BCUT2D eigenvalue weighted by molar-refractivity contribution is 6.74. The van der Waals surface area contributed by atoms with E-state index >= 15 is 0 Å². The maximum atomic E-state index is 11.8. The fraction of sp³-hybridized carbons (Fsp3) is 0.800. The van der Waals surface area contributed by atoms with Crippen molar-refractivity contribution in [1.29, 1.82) is 0 Å². The van der Waals surface area contributed by atoms with Gasteiger partial charge in [0.05, 0.1) is 13.0 Å². The van der Waals surface area contributed by atoms with Gasteiger partial charge in [-0.15, -0.1) is 6.58 Å². The number of carbonyl (C=O) groups excluding carboxylic acids is 1. The molecule has 0 bridgehead atoms. The predicted molar refractivity (Wildman–Crippen MR) is 80.5 cm³/mol. The monoisotopic (exact) mass is 284 g/mol. The van der Waals surface area contributed by atoms with Crippen molar-refractivity contribution >= 4 is 14.3 Å². The molecular formula is C15H28O3Si. The molecule has 1 aliphatic carbocycles.